The van der Waals surface area contributed by atoms with E-state index in [-0.39, 0.29) is 40.6 Å². The second kappa shape index (κ2) is 9.43. The third kappa shape index (κ3) is 4.48. The lowest BCUT2D eigenvalue weighted by Gasteiger charge is -2.23. The van der Waals surface area contributed by atoms with Crippen LogP contribution in [0, 0.1) is 0 Å². The summed E-state index contributed by atoms with van der Waals surface area (Å²) < 4.78 is 51.1. The van der Waals surface area contributed by atoms with Crippen LogP contribution < -0.4 is 10.5 Å². The lowest BCUT2D eigenvalue weighted by atomic mass is 10.1. The van der Waals surface area contributed by atoms with E-state index < -0.39 is 17.9 Å². The first-order valence-electron chi connectivity index (χ1n) is 11.6. The maximum absolute atomic E-state index is 13.7. The van der Waals surface area contributed by atoms with E-state index in [4.69, 9.17) is 14.9 Å². The number of hydrogen-bond donors (Lipinski definition) is 1. The topological polar surface area (TPSA) is 120 Å². The number of carbonyl (C=O) groups is 1. The summed E-state index contributed by atoms with van der Waals surface area (Å²) in [5, 5.41) is 0.320. The number of nitrogens with zero attached hydrogens (tertiary/aromatic N) is 5. The van der Waals surface area contributed by atoms with Gasteiger partial charge in [0, 0.05) is 29.9 Å². The Morgan fingerprint density at radius 1 is 1.19 bits per heavy atom. The van der Waals surface area contributed by atoms with Crippen molar-refractivity contribution in [2.75, 3.05) is 13.7 Å². The number of rotatable bonds is 5. The predicted molar refractivity (Wildman–Crippen MR) is 126 cm³/mol. The summed E-state index contributed by atoms with van der Waals surface area (Å²) in [6, 6.07) is 5.94. The van der Waals surface area contributed by atoms with E-state index in [0.29, 0.717) is 29.7 Å². The number of nitrogens with two attached hydrogens (primary N) is 1. The summed E-state index contributed by atoms with van der Waals surface area (Å²) >= 11 is 0. The molecule has 1 amide bonds. The van der Waals surface area contributed by atoms with E-state index in [9.17, 15) is 18.0 Å². The number of fused-ring (bicyclic) bond motifs is 1. The van der Waals surface area contributed by atoms with Gasteiger partial charge in [-0.3, -0.25) is 4.79 Å². The molecule has 5 rings (SSSR count). The number of pyridine rings is 1. The molecule has 2 N–H and O–H groups in total. The first kappa shape index (κ1) is 24.6. The maximum Gasteiger partial charge on any atom is 0.433 e. The van der Waals surface area contributed by atoms with Gasteiger partial charge in [-0.15, -0.1) is 0 Å². The fourth-order valence-electron chi connectivity index (χ4n) is 4.51. The molecule has 1 saturated heterocycles. The molecule has 0 radical (unpaired) electrons. The molecule has 1 aromatic carbocycles. The second-order valence-electron chi connectivity index (χ2n) is 8.69. The average Bonchev–Trinajstić information content (AvgIpc) is 3.55. The van der Waals surface area contributed by atoms with Crippen molar-refractivity contribution in [3.05, 3.63) is 65.7 Å². The summed E-state index contributed by atoms with van der Waals surface area (Å²) in [6.07, 6.45) is 0.0813. The van der Waals surface area contributed by atoms with Crippen LogP contribution in [0.25, 0.3) is 22.4 Å². The standard InChI is InChI=1S/C25H23F3N6O3/c1-13(29)21-20(24(35)34-12-3-5-16(34)22-30-10-4-11-31-22)33-23(37-21)15-6-8-17(36-2)19-14(15)7-9-18(32-19)25(26,27)28/h4,6-11,13,16H,3,5,12,29H2,1-2H3/t13-,16+/m0/s1. The smallest absolute Gasteiger partial charge is 0.433 e. The van der Waals surface area contributed by atoms with Crippen molar-refractivity contribution < 1.29 is 27.1 Å². The van der Waals surface area contributed by atoms with Gasteiger partial charge in [-0.05, 0) is 50.1 Å². The number of ether oxygens (including phenoxy) is 1. The first-order valence-corrected chi connectivity index (χ1v) is 11.6. The van der Waals surface area contributed by atoms with Gasteiger partial charge in [0.2, 0.25) is 5.89 Å². The summed E-state index contributed by atoms with van der Waals surface area (Å²) in [7, 11) is 1.34. The number of aromatic nitrogens is 4. The summed E-state index contributed by atoms with van der Waals surface area (Å²) in [4.78, 5) is 32.2. The van der Waals surface area contributed by atoms with Crippen LogP contribution in [0.5, 0.6) is 5.75 Å². The van der Waals surface area contributed by atoms with Gasteiger partial charge in [-0.25, -0.2) is 19.9 Å². The molecule has 37 heavy (non-hydrogen) atoms. The average molecular weight is 512 g/mol. The van der Waals surface area contributed by atoms with Crippen molar-refractivity contribution in [2.24, 2.45) is 5.73 Å². The van der Waals surface area contributed by atoms with Crippen molar-refractivity contribution in [1.29, 1.82) is 0 Å². The largest absolute Gasteiger partial charge is 0.494 e. The van der Waals surface area contributed by atoms with E-state index >= 15 is 0 Å². The van der Waals surface area contributed by atoms with Crippen LogP contribution in [0.1, 0.15) is 59.6 Å². The molecule has 2 atom stereocenters. The molecule has 1 fully saturated rings. The molecule has 4 aromatic rings. The number of carbonyl (C=O) groups excluding carboxylic acids is 1. The van der Waals surface area contributed by atoms with Crippen molar-refractivity contribution in [3.8, 4) is 17.2 Å². The SMILES string of the molecule is COc1ccc(-c2nc(C(=O)N3CCC[C@@H]3c3ncccn3)c([C@H](C)N)o2)c2ccc(C(F)(F)F)nc12. The van der Waals surface area contributed by atoms with Crippen LogP contribution in [-0.2, 0) is 6.18 Å². The van der Waals surface area contributed by atoms with Crippen LogP contribution in [0.3, 0.4) is 0 Å². The van der Waals surface area contributed by atoms with E-state index in [1.165, 1.54) is 19.2 Å². The Bertz CT molecular complexity index is 1460. The molecule has 0 aliphatic carbocycles. The van der Waals surface area contributed by atoms with E-state index in [0.717, 1.165) is 12.5 Å². The molecule has 4 heterocycles. The molecule has 192 valence electrons. The number of amides is 1. The highest BCUT2D eigenvalue weighted by Gasteiger charge is 2.37. The highest BCUT2D eigenvalue weighted by molar-refractivity contribution is 5.98. The van der Waals surface area contributed by atoms with Crippen LogP contribution in [0.4, 0.5) is 13.2 Å². The molecule has 12 heteroatoms. The van der Waals surface area contributed by atoms with Crippen LogP contribution in [0.2, 0.25) is 0 Å². The summed E-state index contributed by atoms with van der Waals surface area (Å²) in [6.45, 7) is 2.14. The van der Waals surface area contributed by atoms with Crippen LogP contribution in [-0.4, -0.2) is 44.4 Å². The van der Waals surface area contributed by atoms with Crippen LogP contribution >= 0.6 is 0 Å². The van der Waals surface area contributed by atoms with Gasteiger partial charge in [-0.2, -0.15) is 13.2 Å². The maximum atomic E-state index is 13.7. The molecule has 1 aliphatic heterocycles. The number of likely N-dealkylation sites (tertiary alicyclic amines) is 1. The number of benzene rings is 1. The minimum absolute atomic E-state index is 0.0101. The zero-order valence-electron chi connectivity index (χ0n) is 20.0. The number of oxazole rings is 1. The molecule has 9 nitrogen and oxygen atoms in total. The molecular formula is C25H23F3N6O3. The quantitative estimate of drug-likeness (QED) is 0.408. The number of methoxy groups -OCH3 is 1. The van der Waals surface area contributed by atoms with E-state index in [1.54, 1.807) is 36.4 Å². The fraction of sp³-hybridized carbons (Fsp3) is 0.320. The second-order valence-corrected chi connectivity index (χ2v) is 8.69. The van der Waals surface area contributed by atoms with Gasteiger partial charge in [0.05, 0.1) is 19.2 Å². The number of halogens is 3. The van der Waals surface area contributed by atoms with Gasteiger partial charge >= 0.3 is 6.18 Å². The molecular weight excluding hydrogens is 489 g/mol. The third-order valence-electron chi connectivity index (χ3n) is 6.23. The minimum atomic E-state index is -4.63. The Hall–Kier alpha value is -4.06. The van der Waals surface area contributed by atoms with Gasteiger partial charge in [0.25, 0.3) is 5.91 Å². The minimum Gasteiger partial charge on any atom is -0.494 e. The number of alkyl halides is 3. The lowest BCUT2D eigenvalue weighted by molar-refractivity contribution is -0.140. The first-order chi connectivity index (χ1) is 17.7. The van der Waals surface area contributed by atoms with Crippen molar-refractivity contribution >= 4 is 16.8 Å². The monoisotopic (exact) mass is 512 g/mol. The molecule has 0 saturated carbocycles. The zero-order valence-corrected chi connectivity index (χ0v) is 20.0. The molecule has 0 spiro atoms. The zero-order chi connectivity index (χ0) is 26.3. The Balaban J connectivity index is 1.59. The van der Waals surface area contributed by atoms with E-state index in [1.807, 2.05) is 0 Å². The van der Waals surface area contributed by atoms with Gasteiger partial charge in [0.15, 0.2) is 17.3 Å². The van der Waals surface area contributed by atoms with Gasteiger partial charge in [0.1, 0.15) is 17.0 Å². The van der Waals surface area contributed by atoms with Gasteiger partial charge < -0.3 is 19.8 Å². The molecule has 0 unspecified atom stereocenters. The van der Waals surface area contributed by atoms with Crippen molar-refractivity contribution in [1.82, 2.24) is 24.8 Å². The molecule has 0 bridgehead atoms. The van der Waals surface area contributed by atoms with Crippen molar-refractivity contribution in [2.45, 2.75) is 38.0 Å². The van der Waals surface area contributed by atoms with E-state index in [2.05, 4.69) is 19.9 Å². The highest BCUT2D eigenvalue weighted by Crippen LogP contribution is 2.38. The summed E-state index contributed by atoms with van der Waals surface area (Å²) in [5.41, 5.74) is 5.45. The van der Waals surface area contributed by atoms with Crippen LogP contribution in [0.15, 0.2) is 47.1 Å². The highest BCUT2D eigenvalue weighted by atomic mass is 19.4. The third-order valence-corrected chi connectivity index (χ3v) is 6.23. The molecule has 3 aromatic heterocycles. The Kier molecular flexibility index (Phi) is 6.28. The Labute approximate surface area is 209 Å². The lowest BCUT2D eigenvalue weighted by Crippen LogP contribution is -2.32. The fourth-order valence-corrected chi connectivity index (χ4v) is 4.51. The van der Waals surface area contributed by atoms with Crippen molar-refractivity contribution in [3.63, 3.8) is 0 Å². The predicted octanol–water partition coefficient (Wildman–Crippen LogP) is 4.70. The Morgan fingerprint density at radius 2 is 1.95 bits per heavy atom. The Morgan fingerprint density at radius 3 is 2.62 bits per heavy atom. The normalized spacial score (nSPS) is 16.8. The molecule has 1 aliphatic rings. The number of hydrogen-bond acceptors (Lipinski definition) is 8. The summed E-state index contributed by atoms with van der Waals surface area (Å²) in [5.74, 6) is 0.516. The van der Waals surface area contributed by atoms with Gasteiger partial charge in [-0.1, -0.05) is 0 Å².